The summed E-state index contributed by atoms with van der Waals surface area (Å²) in [5, 5.41) is 9.28. The lowest BCUT2D eigenvalue weighted by Crippen LogP contribution is -2.32. The summed E-state index contributed by atoms with van der Waals surface area (Å²) >= 11 is 1.44. The summed E-state index contributed by atoms with van der Waals surface area (Å²) in [5.74, 6) is -1.26. The van der Waals surface area contributed by atoms with Crippen molar-refractivity contribution in [1.29, 1.82) is 0 Å². The van der Waals surface area contributed by atoms with Gasteiger partial charge in [-0.1, -0.05) is 32.1 Å². The molecule has 1 N–H and O–H groups in total. The lowest BCUT2D eigenvalue weighted by Gasteiger charge is -2.29. The Morgan fingerprint density at radius 3 is 2.41 bits per heavy atom. The van der Waals surface area contributed by atoms with Crippen LogP contribution in [0.15, 0.2) is 23.2 Å². The van der Waals surface area contributed by atoms with Gasteiger partial charge in [0.15, 0.2) is 4.80 Å². The summed E-state index contributed by atoms with van der Waals surface area (Å²) in [4.78, 5) is 28.8. The molecule has 0 spiro atoms. The standard InChI is InChI=1S/C20H28N2O4S/c1-12(19(2,3)4)22-14-9-8-13(16(23)24)10-15(14)27-18(22)21-11-20(5,6)17(25)26-7/h8-10,12H,11H2,1-7H3,(H,23,24)/b21-18-. The van der Waals surface area contributed by atoms with Crippen LogP contribution in [0.25, 0.3) is 10.2 Å². The van der Waals surface area contributed by atoms with Gasteiger partial charge in [0.1, 0.15) is 0 Å². The molecule has 0 saturated heterocycles. The number of carbonyl (C=O) groups is 2. The number of nitrogens with zero attached hydrogens (tertiary/aromatic N) is 2. The van der Waals surface area contributed by atoms with Crippen molar-refractivity contribution >= 4 is 33.5 Å². The zero-order chi connectivity index (χ0) is 20.6. The van der Waals surface area contributed by atoms with Gasteiger partial charge in [-0.3, -0.25) is 9.79 Å². The molecule has 0 saturated carbocycles. The van der Waals surface area contributed by atoms with Gasteiger partial charge < -0.3 is 14.4 Å². The van der Waals surface area contributed by atoms with E-state index in [-0.39, 0.29) is 29.5 Å². The highest BCUT2D eigenvalue weighted by Crippen LogP contribution is 2.33. The number of thiazole rings is 1. The minimum Gasteiger partial charge on any atom is -0.478 e. The van der Waals surface area contributed by atoms with E-state index in [0.29, 0.717) is 0 Å². The molecule has 1 aromatic heterocycles. The Morgan fingerprint density at radius 2 is 1.89 bits per heavy atom. The Labute approximate surface area is 163 Å². The average molecular weight is 393 g/mol. The summed E-state index contributed by atoms with van der Waals surface area (Å²) < 4.78 is 7.87. The highest BCUT2D eigenvalue weighted by Gasteiger charge is 2.29. The minimum absolute atomic E-state index is 0.0216. The fourth-order valence-corrected chi connectivity index (χ4v) is 3.79. The molecular weight excluding hydrogens is 364 g/mol. The molecule has 0 fully saturated rings. The van der Waals surface area contributed by atoms with E-state index in [2.05, 4.69) is 32.3 Å². The number of esters is 1. The molecule has 0 aliphatic carbocycles. The van der Waals surface area contributed by atoms with Crippen LogP contribution >= 0.6 is 11.3 Å². The molecule has 1 aromatic carbocycles. The molecule has 1 unspecified atom stereocenters. The van der Waals surface area contributed by atoms with Gasteiger partial charge in [-0.25, -0.2) is 4.79 Å². The summed E-state index contributed by atoms with van der Waals surface area (Å²) in [6.45, 7) is 12.5. The predicted octanol–water partition coefficient (Wildman–Crippen LogP) is 4.11. The molecular formula is C20H28N2O4S. The van der Waals surface area contributed by atoms with Gasteiger partial charge in [0.05, 0.1) is 34.8 Å². The van der Waals surface area contributed by atoms with Crippen molar-refractivity contribution in [2.75, 3.05) is 13.7 Å². The van der Waals surface area contributed by atoms with E-state index >= 15 is 0 Å². The molecule has 0 aliphatic rings. The third-order valence-corrected chi connectivity index (χ3v) is 5.92. The van der Waals surface area contributed by atoms with Crippen LogP contribution in [-0.4, -0.2) is 35.3 Å². The topological polar surface area (TPSA) is 80.9 Å². The zero-order valence-electron chi connectivity index (χ0n) is 17.0. The summed E-state index contributed by atoms with van der Waals surface area (Å²) in [5.41, 5.74) is 0.439. The van der Waals surface area contributed by atoms with E-state index in [9.17, 15) is 14.7 Å². The number of rotatable bonds is 5. The fraction of sp³-hybridized carbons (Fsp3) is 0.550. The number of carbonyl (C=O) groups excluding carboxylic acids is 1. The molecule has 0 amide bonds. The summed E-state index contributed by atoms with van der Waals surface area (Å²) in [7, 11) is 1.37. The van der Waals surface area contributed by atoms with Crippen molar-refractivity contribution < 1.29 is 19.4 Å². The van der Waals surface area contributed by atoms with Gasteiger partial charge >= 0.3 is 11.9 Å². The van der Waals surface area contributed by atoms with Gasteiger partial charge in [0.25, 0.3) is 0 Å². The lowest BCUT2D eigenvalue weighted by molar-refractivity contribution is -0.150. The van der Waals surface area contributed by atoms with Crippen LogP contribution < -0.4 is 4.80 Å². The molecule has 6 nitrogen and oxygen atoms in total. The maximum atomic E-state index is 12.0. The number of methoxy groups -OCH3 is 1. The molecule has 2 rings (SSSR count). The van der Waals surface area contributed by atoms with Gasteiger partial charge in [-0.2, -0.15) is 0 Å². The number of carboxylic acid groups (broad SMARTS) is 1. The number of aromatic nitrogens is 1. The maximum Gasteiger partial charge on any atom is 0.335 e. The first-order valence-electron chi connectivity index (χ1n) is 8.86. The second-order valence-corrected chi connectivity index (χ2v) is 9.49. The van der Waals surface area contributed by atoms with Crippen LogP contribution in [0, 0.1) is 10.8 Å². The van der Waals surface area contributed by atoms with Crippen molar-refractivity contribution in [3.8, 4) is 0 Å². The third-order valence-electron chi connectivity index (χ3n) is 4.86. The molecule has 0 radical (unpaired) electrons. The van der Waals surface area contributed by atoms with Gasteiger partial charge in [-0.15, -0.1) is 0 Å². The summed E-state index contributed by atoms with van der Waals surface area (Å²) in [6, 6.07) is 5.26. The van der Waals surface area contributed by atoms with E-state index in [4.69, 9.17) is 9.73 Å². The SMILES string of the molecule is COC(=O)C(C)(C)C/N=c1\sc2cc(C(=O)O)ccc2n1C(C)C(C)(C)C. The number of hydrogen-bond donors (Lipinski definition) is 1. The van der Waals surface area contributed by atoms with Crippen molar-refractivity contribution in [1.82, 2.24) is 4.57 Å². The van der Waals surface area contributed by atoms with E-state index in [0.717, 1.165) is 15.0 Å². The van der Waals surface area contributed by atoms with Crippen LogP contribution in [-0.2, 0) is 9.53 Å². The Kier molecular flexibility index (Phi) is 5.85. The Hall–Kier alpha value is -2.15. The average Bonchev–Trinajstić information content (AvgIpc) is 2.94. The van der Waals surface area contributed by atoms with Crippen molar-refractivity contribution in [2.45, 2.75) is 47.6 Å². The van der Waals surface area contributed by atoms with Crippen LogP contribution in [0.1, 0.15) is 57.9 Å². The molecule has 0 aliphatic heterocycles. The summed E-state index contributed by atoms with van der Waals surface area (Å²) in [6.07, 6.45) is 0. The van der Waals surface area contributed by atoms with E-state index in [1.54, 1.807) is 26.0 Å². The van der Waals surface area contributed by atoms with Crippen LogP contribution in [0.4, 0.5) is 0 Å². The van der Waals surface area contributed by atoms with Crippen LogP contribution in [0.2, 0.25) is 0 Å². The molecule has 0 bridgehead atoms. The number of hydrogen-bond acceptors (Lipinski definition) is 5. The normalized spacial score (nSPS) is 14.4. The predicted molar refractivity (Wildman–Crippen MR) is 107 cm³/mol. The lowest BCUT2D eigenvalue weighted by atomic mass is 9.88. The Morgan fingerprint density at radius 1 is 1.26 bits per heavy atom. The van der Waals surface area contributed by atoms with Gasteiger partial charge in [-0.05, 0) is 44.4 Å². The minimum atomic E-state index is -0.953. The Bertz CT molecular complexity index is 932. The first-order valence-corrected chi connectivity index (χ1v) is 9.67. The van der Waals surface area contributed by atoms with Crippen molar-refractivity contribution in [2.24, 2.45) is 15.8 Å². The molecule has 1 atom stereocenters. The van der Waals surface area contributed by atoms with Gasteiger partial charge in [0, 0.05) is 6.04 Å². The smallest absolute Gasteiger partial charge is 0.335 e. The second kappa shape index (κ2) is 7.46. The number of carboxylic acids is 1. The quantitative estimate of drug-likeness (QED) is 0.777. The first kappa shape index (κ1) is 21.2. The highest BCUT2D eigenvalue weighted by molar-refractivity contribution is 7.16. The van der Waals surface area contributed by atoms with Crippen molar-refractivity contribution in [3.05, 3.63) is 28.6 Å². The highest BCUT2D eigenvalue weighted by atomic mass is 32.1. The largest absolute Gasteiger partial charge is 0.478 e. The fourth-order valence-electron chi connectivity index (χ4n) is 2.65. The van der Waals surface area contributed by atoms with E-state index in [1.165, 1.54) is 18.4 Å². The maximum absolute atomic E-state index is 12.0. The van der Waals surface area contributed by atoms with Gasteiger partial charge in [0.2, 0.25) is 0 Å². The third kappa shape index (κ3) is 4.40. The molecule has 27 heavy (non-hydrogen) atoms. The number of fused-ring (bicyclic) bond motifs is 1. The number of ether oxygens (including phenoxy) is 1. The molecule has 7 heteroatoms. The monoisotopic (exact) mass is 392 g/mol. The van der Waals surface area contributed by atoms with Crippen LogP contribution in [0.5, 0.6) is 0 Å². The molecule has 1 heterocycles. The Balaban J connectivity index is 2.67. The zero-order valence-corrected chi connectivity index (χ0v) is 17.8. The second-order valence-electron chi connectivity index (χ2n) is 8.48. The molecule has 2 aromatic rings. The van der Waals surface area contributed by atoms with E-state index in [1.807, 2.05) is 6.07 Å². The number of aromatic carboxylic acids is 1. The van der Waals surface area contributed by atoms with E-state index < -0.39 is 11.4 Å². The molecule has 148 valence electrons. The first-order chi connectivity index (χ1) is 12.4. The van der Waals surface area contributed by atoms with Crippen molar-refractivity contribution in [3.63, 3.8) is 0 Å². The van der Waals surface area contributed by atoms with Crippen LogP contribution in [0.3, 0.4) is 0 Å². The number of benzene rings is 1.